The standard InChI is InChI=1S/C19H19FN4O4/c1-11(2)26-17-5-12(3-4-21-17)19(20)7-13(8-19)27-18-10-22-14(9-23-18)15-6-16(25)24-28-15/h3-6,9-11,13H,7-8H2,1-2H3,(H,24,25)/p-1. The van der Waals surface area contributed by atoms with Crippen LogP contribution in [0.15, 0.2) is 41.3 Å². The predicted octanol–water partition coefficient (Wildman–Crippen LogP) is 2.79. The molecule has 1 saturated carbocycles. The fourth-order valence-electron chi connectivity index (χ4n) is 3.03. The fraction of sp³-hybridized carbons (Fsp3) is 0.368. The minimum absolute atomic E-state index is 0.0329. The van der Waals surface area contributed by atoms with E-state index in [-0.39, 0.29) is 36.7 Å². The summed E-state index contributed by atoms with van der Waals surface area (Å²) >= 11 is 0. The zero-order valence-corrected chi connectivity index (χ0v) is 15.3. The van der Waals surface area contributed by atoms with E-state index in [1.54, 1.807) is 18.3 Å². The first-order chi connectivity index (χ1) is 13.4. The summed E-state index contributed by atoms with van der Waals surface area (Å²) in [5, 5.41) is 14.3. The molecule has 0 unspecified atom stereocenters. The van der Waals surface area contributed by atoms with E-state index in [9.17, 15) is 5.11 Å². The molecule has 3 aromatic rings. The van der Waals surface area contributed by atoms with Gasteiger partial charge in [-0.1, -0.05) is 5.16 Å². The summed E-state index contributed by atoms with van der Waals surface area (Å²) < 4.78 is 31.2. The third-order valence-electron chi connectivity index (χ3n) is 4.37. The van der Waals surface area contributed by atoms with Gasteiger partial charge in [0.2, 0.25) is 11.8 Å². The molecule has 0 spiro atoms. The Bertz CT molecular complexity index is 955. The molecular weight excluding hydrogens is 367 g/mol. The second-order valence-corrected chi connectivity index (χ2v) is 6.93. The predicted molar refractivity (Wildman–Crippen MR) is 93.4 cm³/mol. The third-order valence-corrected chi connectivity index (χ3v) is 4.37. The maximum Gasteiger partial charge on any atom is 0.232 e. The SMILES string of the molecule is CC(C)Oc1cc(C2(F)CC(Oc3cnc(-c4cc([O-])no4)cn3)C2)ccn1. The number of rotatable bonds is 6. The van der Waals surface area contributed by atoms with Gasteiger partial charge in [0.25, 0.3) is 0 Å². The van der Waals surface area contributed by atoms with Crippen LogP contribution < -0.4 is 14.6 Å². The van der Waals surface area contributed by atoms with Crippen molar-refractivity contribution >= 4 is 0 Å². The molecule has 8 nitrogen and oxygen atoms in total. The molecule has 0 atom stereocenters. The van der Waals surface area contributed by atoms with Crippen molar-refractivity contribution in [1.29, 1.82) is 0 Å². The minimum Gasteiger partial charge on any atom is -0.856 e. The second kappa shape index (κ2) is 7.06. The van der Waals surface area contributed by atoms with Crippen molar-refractivity contribution in [3.05, 3.63) is 42.4 Å². The zero-order valence-electron chi connectivity index (χ0n) is 15.3. The summed E-state index contributed by atoms with van der Waals surface area (Å²) in [5.74, 6) is 0.428. The number of pyridine rings is 1. The first-order valence-electron chi connectivity index (χ1n) is 8.86. The van der Waals surface area contributed by atoms with Gasteiger partial charge in [-0.15, -0.1) is 0 Å². The molecule has 28 heavy (non-hydrogen) atoms. The lowest BCUT2D eigenvalue weighted by Crippen LogP contribution is -2.44. The number of halogens is 1. The smallest absolute Gasteiger partial charge is 0.232 e. The van der Waals surface area contributed by atoms with Gasteiger partial charge in [-0.2, -0.15) is 0 Å². The van der Waals surface area contributed by atoms with E-state index >= 15 is 4.39 Å². The first-order valence-corrected chi connectivity index (χ1v) is 8.86. The number of ether oxygens (including phenoxy) is 2. The van der Waals surface area contributed by atoms with Gasteiger partial charge < -0.3 is 19.1 Å². The summed E-state index contributed by atoms with van der Waals surface area (Å²) in [6, 6.07) is 4.51. The van der Waals surface area contributed by atoms with Crippen LogP contribution in [0.25, 0.3) is 11.5 Å². The molecule has 0 aromatic carbocycles. The Morgan fingerprint density at radius 1 is 1.18 bits per heavy atom. The number of nitrogens with zero attached hydrogens (tertiary/aromatic N) is 4. The summed E-state index contributed by atoms with van der Waals surface area (Å²) in [6.07, 6.45) is 4.41. The van der Waals surface area contributed by atoms with Gasteiger partial charge in [-0.25, -0.2) is 19.3 Å². The Kier molecular flexibility index (Phi) is 4.58. The van der Waals surface area contributed by atoms with E-state index in [4.69, 9.17) is 14.0 Å². The van der Waals surface area contributed by atoms with Crippen molar-refractivity contribution in [2.45, 2.75) is 44.6 Å². The maximum atomic E-state index is 15.1. The van der Waals surface area contributed by atoms with E-state index in [1.807, 2.05) is 13.8 Å². The highest BCUT2D eigenvalue weighted by molar-refractivity contribution is 5.51. The van der Waals surface area contributed by atoms with Crippen LogP contribution >= 0.6 is 0 Å². The highest BCUT2D eigenvalue weighted by Gasteiger charge is 2.48. The molecule has 1 fully saturated rings. The van der Waals surface area contributed by atoms with Gasteiger partial charge in [-0.05, 0) is 25.5 Å². The van der Waals surface area contributed by atoms with Crippen molar-refractivity contribution in [3.63, 3.8) is 0 Å². The molecule has 1 aliphatic carbocycles. The Hall–Kier alpha value is -3.23. The summed E-state index contributed by atoms with van der Waals surface area (Å²) in [5.41, 5.74) is -0.594. The summed E-state index contributed by atoms with van der Waals surface area (Å²) in [6.45, 7) is 3.78. The molecule has 4 rings (SSSR count). The average Bonchev–Trinajstić information content (AvgIpc) is 3.07. The van der Waals surface area contributed by atoms with E-state index in [1.165, 1.54) is 18.5 Å². The monoisotopic (exact) mass is 385 g/mol. The molecule has 0 saturated heterocycles. The fourth-order valence-corrected chi connectivity index (χ4v) is 3.03. The summed E-state index contributed by atoms with van der Waals surface area (Å²) in [7, 11) is 0. The van der Waals surface area contributed by atoms with Crippen molar-refractivity contribution in [2.24, 2.45) is 0 Å². The average molecular weight is 385 g/mol. The maximum absolute atomic E-state index is 15.1. The van der Waals surface area contributed by atoms with Gasteiger partial charge >= 0.3 is 0 Å². The van der Waals surface area contributed by atoms with Crippen molar-refractivity contribution in [2.75, 3.05) is 0 Å². The Morgan fingerprint density at radius 2 is 2.00 bits per heavy atom. The number of hydrogen-bond acceptors (Lipinski definition) is 8. The molecule has 0 N–H and O–H groups in total. The van der Waals surface area contributed by atoms with Crippen molar-refractivity contribution in [3.8, 4) is 29.1 Å². The lowest BCUT2D eigenvalue weighted by Gasteiger charge is -2.41. The molecule has 3 heterocycles. The van der Waals surface area contributed by atoms with Crippen LogP contribution in [-0.4, -0.2) is 32.3 Å². The lowest BCUT2D eigenvalue weighted by atomic mass is 9.74. The molecule has 0 aliphatic heterocycles. The third kappa shape index (κ3) is 3.73. The number of hydrogen-bond donors (Lipinski definition) is 0. The van der Waals surface area contributed by atoms with Gasteiger partial charge in [0.05, 0.1) is 18.5 Å². The van der Waals surface area contributed by atoms with Crippen molar-refractivity contribution in [1.82, 2.24) is 20.1 Å². The molecule has 9 heteroatoms. The summed E-state index contributed by atoms with van der Waals surface area (Å²) in [4.78, 5) is 12.4. The van der Waals surface area contributed by atoms with E-state index in [0.29, 0.717) is 17.1 Å². The van der Waals surface area contributed by atoms with Gasteiger partial charge in [0, 0.05) is 37.1 Å². The Morgan fingerprint density at radius 3 is 2.64 bits per heavy atom. The van der Waals surface area contributed by atoms with Gasteiger partial charge in [0.15, 0.2) is 5.76 Å². The van der Waals surface area contributed by atoms with E-state index < -0.39 is 11.5 Å². The molecular formula is C19H18FN4O4-. The molecule has 146 valence electrons. The molecule has 1 aliphatic rings. The van der Waals surface area contributed by atoms with Crippen LogP contribution in [0, 0.1) is 0 Å². The normalized spacial score (nSPS) is 21.4. The Labute approximate surface area is 160 Å². The zero-order chi connectivity index (χ0) is 19.7. The Balaban J connectivity index is 1.37. The van der Waals surface area contributed by atoms with E-state index in [0.717, 1.165) is 0 Å². The highest BCUT2D eigenvalue weighted by atomic mass is 19.1. The van der Waals surface area contributed by atoms with Gasteiger partial charge in [-0.3, -0.25) is 0 Å². The highest BCUT2D eigenvalue weighted by Crippen LogP contribution is 2.47. The second-order valence-electron chi connectivity index (χ2n) is 6.93. The molecule has 3 aromatic heterocycles. The quantitative estimate of drug-likeness (QED) is 0.638. The number of alkyl halides is 1. The van der Waals surface area contributed by atoms with Crippen LogP contribution in [-0.2, 0) is 5.67 Å². The van der Waals surface area contributed by atoms with Crippen molar-refractivity contribution < 1.29 is 23.5 Å². The van der Waals surface area contributed by atoms with Crippen LogP contribution in [0.5, 0.6) is 17.6 Å². The van der Waals surface area contributed by atoms with Crippen LogP contribution in [0.4, 0.5) is 4.39 Å². The lowest BCUT2D eigenvalue weighted by molar-refractivity contribution is -0.277. The molecule has 0 amide bonds. The first kappa shape index (κ1) is 18.1. The van der Waals surface area contributed by atoms with E-state index in [2.05, 4.69) is 20.1 Å². The molecule has 0 radical (unpaired) electrons. The van der Waals surface area contributed by atoms with Crippen LogP contribution in [0.1, 0.15) is 32.3 Å². The topological polar surface area (TPSA) is 106 Å². The minimum atomic E-state index is -1.49. The van der Waals surface area contributed by atoms with Crippen LogP contribution in [0.2, 0.25) is 0 Å². The number of aromatic nitrogens is 4. The van der Waals surface area contributed by atoms with Crippen LogP contribution in [0.3, 0.4) is 0 Å². The molecule has 0 bridgehead atoms. The van der Waals surface area contributed by atoms with Gasteiger partial charge in [0.1, 0.15) is 17.5 Å². The largest absolute Gasteiger partial charge is 0.856 e.